The second kappa shape index (κ2) is 9.83. The minimum absolute atomic E-state index is 0.0313. The zero-order valence-electron chi connectivity index (χ0n) is 10.5. The van der Waals surface area contributed by atoms with Crippen LogP contribution < -0.4 is 5.32 Å². The number of nitrogens with one attached hydrogen (secondary N) is 1. The zero-order valence-corrected chi connectivity index (χ0v) is 10.5. The molecule has 0 aliphatic carbocycles. The standard InChI is InChI=1S/C10H21N3O4/c1-3-12(4-2)8-7-11-10(14)6-5-9-17-13(15)16/h3-9H2,1-2H3,(H,11,14). The molecule has 0 saturated carbocycles. The van der Waals surface area contributed by atoms with Gasteiger partial charge in [0.05, 0.1) is 6.61 Å². The molecule has 0 aliphatic rings. The van der Waals surface area contributed by atoms with Crippen LogP contribution in [-0.4, -0.2) is 48.7 Å². The summed E-state index contributed by atoms with van der Waals surface area (Å²) in [6.07, 6.45) is 0.615. The maximum atomic E-state index is 11.3. The van der Waals surface area contributed by atoms with Crippen molar-refractivity contribution in [2.24, 2.45) is 0 Å². The molecule has 0 radical (unpaired) electrons. The van der Waals surface area contributed by atoms with Gasteiger partial charge in [0, 0.05) is 19.5 Å². The van der Waals surface area contributed by atoms with Crippen LogP contribution in [0.2, 0.25) is 0 Å². The van der Waals surface area contributed by atoms with Crippen LogP contribution in [-0.2, 0) is 9.63 Å². The molecule has 0 aromatic heterocycles. The van der Waals surface area contributed by atoms with Gasteiger partial charge in [0.2, 0.25) is 5.91 Å². The Hall–Kier alpha value is -1.37. The van der Waals surface area contributed by atoms with Crippen LogP contribution in [0.25, 0.3) is 0 Å². The lowest BCUT2D eigenvalue weighted by Crippen LogP contribution is -2.34. The highest BCUT2D eigenvalue weighted by Gasteiger charge is 2.03. The van der Waals surface area contributed by atoms with Crippen molar-refractivity contribution in [3.8, 4) is 0 Å². The van der Waals surface area contributed by atoms with E-state index in [1.54, 1.807) is 0 Å². The first-order valence-corrected chi connectivity index (χ1v) is 5.86. The first kappa shape index (κ1) is 15.6. The van der Waals surface area contributed by atoms with E-state index >= 15 is 0 Å². The molecule has 0 unspecified atom stereocenters. The Morgan fingerprint density at radius 1 is 1.41 bits per heavy atom. The Morgan fingerprint density at radius 2 is 2.06 bits per heavy atom. The van der Waals surface area contributed by atoms with Crippen LogP contribution in [0.15, 0.2) is 0 Å². The summed E-state index contributed by atoms with van der Waals surface area (Å²) in [6.45, 7) is 7.46. The normalized spacial score (nSPS) is 10.3. The highest BCUT2D eigenvalue weighted by atomic mass is 16.9. The van der Waals surface area contributed by atoms with Crippen molar-refractivity contribution in [1.82, 2.24) is 10.2 Å². The molecule has 0 heterocycles. The number of carbonyl (C=O) groups is 1. The van der Waals surface area contributed by atoms with E-state index in [1.165, 1.54) is 0 Å². The summed E-state index contributed by atoms with van der Waals surface area (Å²) in [4.78, 5) is 27.4. The average molecular weight is 247 g/mol. The number of likely N-dealkylation sites (N-methyl/N-ethyl adjacent to an activating group) is 1. The molecule has 7 heteroatoms. The maximum absolute atomic E-state index is 11.3. The smallest absolute Gasteiger partial charge is 0.294 e. The van der Waals surface area contributed by atoms with Gasteiger partial charge in [-0.25, -0.2) is 0 Å². The highest BCUT2D eigenvalue weighted by molar-refractivity contribution is 5.75. The number of amides is 1. The lowest BCUT2D eigenvalue weighted by molar-refractivity contribution is -0.757. The quantitative estimate of drug-likeness (QED) is 0.344. The van der Waals surface area contributed by atoms with E-state index in [0.717, 1.165) is 19.6 Å². The SMILES string of the molecule is CCN(CC)CCNC(=O)CCCO[N+](=O)[O-]. The number of carbonyl (C=O) groups excluding carboxylic acids is 1. The van der Waals surface area contributed by atoms with Gasteiger partial charge in [0.1, 0.15) is 0 Å². The molecule has 0 fully saturated rings. The van der Waals surface area contributed by atoms with Crippen molar-refractivity contribution in [3.05, 3.63) is 10.1 Å². The number of nitrogens with zero attached hydrogens (tertiary/aromatic N) is 2. The van der Waals surface area contributed by atoms with Crippen LogP contribution in [0.5, 0.6) is 0 Å². The van der Waals surface area contributed by atoms with Crippen molar-refractivity contribution < 1.29 is 14.7 Å². The van der Waals surface area contributed by atoms with Gasteiger partial charge in [0.25, 0.3) is 5.09 Å². The maximum Gasteiger partial charge on any atom is 0.294 e. The Kier molecular flexibility index (Phi) is 9.04. The summed E-state index contributed by atoms with van der Waals surface area (Å²) in [5.74, 6) is -0.0934. The molecule has 100 valence electrons. The molecule has 0 aromatic rings. The molecule has 0 aromatic carbocycles. The Labute approximate surface area is 101 Å². The van der Waals surface area contributed by atoms with E-state index in [1.807, 2.05) is 0 Å². The average Bonchev–Trinajstić information content (AvgIpc) is 2.30. The third-order valence-electron chi connectivity index (χ3n) is 2.39. The van der Waals surface area contributed by atoms with E-state index in [2.05, 4.69) is 28.9 Å². The summed E-state index contributed by atoms with van der Waals surface area (Å²) in [5, 5.41) is 11.7. The molecule has 0 rings (SSSR count). The third kappa shape index (κ3) is 9.55. The number of hydrogen-bond acceptors (Lipinski definition) is 5. The molecular weight excluding hydrogens is 226 g/mol. The minimum Gasteiger partial charge on any atom is -0.355 e. The van der Waals surface area contributed by atoms with Crippen molar-refractivity contribution in [2.75, 3.05) is 32.8 Å². The van der Waals surface area contributed by atoms with Crippen LogP contribution in [0.4, 0.5) is 0 Å². The van der Waals surface area contributed by atoms with Crippen LogP contribution in [0.3, 0.4) is 0 Å². The molecule has 7 nitrogen and oxygen atoms in total. The first-order valence-electron chi connectivity index (χ1n) is 5.86. The fraction of sp³-hybridized carbons (Fsp3) is 0.900. The molecule has 0 aliphatic heterocycles. The van der Waals surface area contributed by atoms with Crippen LogP contribution in [0, 0.1) is 10.1 Å². The summed E-state index contributed by atoms with van der Waals surface area (Å²) >= 11 is 0. The van der Waals surface area contributed by atoms with Crippen molar-refractivity contribution >= 4 is 5.91 Å². The Balaban J connectivity index is 3.43. The molecule has 0 atom stereocenters. The number of rotatable bonds is 10. The van der Waals surface area contributed by atoms with Gasteiger partial charge < -0.3 is 15.1 Å². The Bertz CT molecular complexity index is 232. The summed E-state index contributed by atoms with van der Waals surface area (Å²) < 4.78 is 0. The minimum atomic E-state index is -0.849. The molecule has 0 saturated heterocycles. The van der Waals surface area contributed by atoms with Gasteiger partial charge in [-0.2, -0.15) is 0 Å². The predicted octanol–water partition coefficient (Wildman–Crippen LogP) is 0.433. The van der Waals surface area contributed by atoms with E-state index in [9.17, 15) is 14.9 Å². The molecule has 1 N–H and O–H groups in total. The molecule has 0 spiro atoms. The van der Waals surface area contributed by atoms with Gasteiger partial charge in [-0.15, -0.1) is 10.1 Å². The van der Waals surface area contributed by atoms with E-state index in [0.29, 0.717) is 13.0 Å². The molecule has 1 amide bonds. The lowest BCUT2D eigenvalue weighted by Gasteiger charge is -2.17. The summed E-state index contributed by atoms with van der Waals surface area (Å²) in [7, 11) is 0. The fourth-order valence-corrected chi connectivity index (χ4v) is 1.35. The topological polar surface area (TPSA) is 84.7 Å². The van der Waals surface area contributed by atoms with Gasteiger partial charge in [-0.05, 0) is 19.5 Å². The van der Waals surface area contributed by atoms with Crippen LogP contribution in [0.1, 0.15) is 26.7 Å². The molecule has 0 bridgehead atoms. The fourth-order valence-electron chi connectivity index (χ4n) is 1.35. The Morgan fingerprint density at radius 3 is 2.59 bits per heavy atom. The van der Waals surface area contributed by atoms with Gasteiger partial charge >= 0.3 is 0 Å². The molecule has 17 heavy (non-hydrogen) atoms. The number of hydrogen-bond donors (Lipinski definition) is 1. The monoisotopic (exact) mass is 247 g/mol. The summed E-state index contributed by atoms with van der Waals surface area (Å²) in [6, 6.07) is 0. The predicted molar refractivity (Wildman–Crippen MR) is 63.0 cm³/mol. The zero-order chi connectivity index (χ0) is 13.1. The van der Waals surface area contributed by atoms with E-state index in [4.69, 9.17) is 0 Å². The van der Waals surface area contributed by atoms with Gasteiger partial charge in [-0.3, -0.25) is 4.79 Å². The van der Waals surface area contributed by atoms with E-state index < -0.39 is 5.09 Å². The van der Waals surface area contributed by atoms with E-state index in [-0.39, 0.29) is 18.9 Å². The second-order valence-electron chi connectivity index (χ2n) is 3.54. The second-order valence-corrected chi connectivity index (χ2v) is 3.54. The lowest BCUT2D eigenvalue weighted by atomic mass is 10.3. The third-order valence-corrected chi connectivity index (χ3v) is 2.39. The first-order chi connectivity index (χ1) is 8.10. The largest absolute Gasteiger partial charge is 0.355 e. The summed E-state index contributed by atoms with van der Waals surface area (Å²) in [5.41, 5.74) is 0. The molecular formula is C10H21N3O4. The highest BCUT2D eigenvalue weighted by Crippen LogP contribution is 1.91. The van der Waals surface area contributed by atoms with Crippen molar-refractivity contribution in [1.29, 1.82) is 0 Å². The van der Waals surface area contributed by atoms with Crippen molar-refractivity contribution in [3.63, 3.8) is 0 Å². The van der Waals surface area contributed by atoms with Crippen LogP contribution >= 0.6 is 0 Å². The van der Waals surface area contributed by atoms with Crippen molar-refractivity contribution in [2.45, 2.75) is 26.7 Å². The van der Waals surface area contributed by atoms with Gasteiger partial charge in [-0.1, -0.05) is 13.8 Å². The van der Waals surface area contributed by atoms with Gasteiger partial charge in [0.15, 0.2) is 0 Å².